The highest BCUT2D eigenvalue weighted by Gasteiger charge is 2.13. The number of hydrogen-bond donors (Lipinski definition) is 1. The summed E-state index contributed by atoms with van der Waals surface area (Å²) < 4.78 is 16.8. The first-order valence-electron chi connectivity index (χ1n) is 8.78. The summed E-state index contributed by atoms with van der Waals surface area (Å²) in [5.41, 5.74) is 4.30. The molecule has 3 aromatic carbocycles. The standard InChI is InChI=1S/C22H20ClNO3/c1-15-3-2-4-16(9-15)13-25-20-7-5-18(23)10-17(20)12-24-19-6-8-21-22(11-19)27-14-26-21/h2-11,24H,12-14H2,1H3. The number of halogens is 1. The smallest absolute Gasteiger partial charge is 0.231 e. The van der Waals surface area contributed by atoms with E-state index in [2.05, 4.69) is 30.4 Å². The summed E-state index contributed by atoms with van der Waals surface area (Å²) in [5, 5.41) is 4.07. The van der Waals surface area contributed by atoms with Crippen LogP contribution in [0.4, 0.5) is 5.69 Å². The molecular formula is C22H20ClNO3. The van der Waals surface area contributed by atoms with Crippen molar-refractivity contribution in [2.24, 2.45) is 0 Å². The van der Waals surface area contributed by atoms with Gasteiger partial charge >= 0.3 is 0 Å². The lowest BCUT2D eigenvalue weighted by molar-refractivity contribution is 0.174. The quantitative estimate of drug-likeness (QED) is 0.606. The lowest BCUT2D eigenvalue weighted by Gasteiger charge is -2.14. The van der Waals surface area contributed by atoms with Crippen LogP contribution in [-0.4, -0.2) is 6.79 Å². The van der Waals surface area contributed by atoms with Crippen molar-refractivity contribution in [3.05, 3.63) is 82.4 Å². The van der Waals surface area contributed by atoms with Crippen LogP contribution in [0, 0.1) is 6.92 Å². The number of nitrogens with one attached hydrogen (secondary N) is 1. The number of fused-ring (bicyclic) bond motifs is 1. The molecule has 0 aliphatic carbocycles. The van der Waals surface area contributed by atoms with Crippen molar-refractivity contribution in [2.75, 3.05) is 12.1 Å². The molecular weight excluding hydrogens is 362 g/mol. The van der Waals surface area contributed by atoms with E-state index in [1.165, 1.54) is 5.56 Å². The molecule has 3 aromatic rings. The molecule has 0 unspecified atom stereocenters. The number of benzene rings is 3. The summed E-state index contributed by atoms with van der Waals surface area (Å²) in [6.45, 7) is 3.44. The first-order valence-corrected chi connectivity index (χ1v) is 9.15. The van der Waals surface area contributed by atoms with Crippen molar-refractivity contribution >= 4 is 17.3 Å². The largest absolute Gasteiger partial charge is 0.489 e. The fourth-order valence-electron chi connectivity index (χ4n) is 2.99. The zero-order valence-corrected chi connectivity index (χ0v) is 15.8. The number of hydrogen-bond acceptors (Lipinski definition) is 4. The summed E-state index contributed by atoms with van der Waals surface area (Å²) in [6.07, 6.45) is 0. The van der Waals surface area contributed by atoms with Gasteiger partial charge in [0.15, 0.2) is 11.5 Å². The minimum absolute atomic E-state index is 0.268. The second-order valence-electron chi connectivity index (χ2n) is 6.45. The maximum absolute atomic E-state index is 6.19. The predicted octanol–water partition coefficient (Wildman–Crippen LogP) is 5.57. The van der Waals surface area contributed by atoms with Crippen LogP contribution in [0.1, 0.15) is 16.7 Å². The molecule has 27 heavy (non-hydrogen) atoms. The Hall–Kier alpha value is -2.85. The number of rotatable bonds is 6. The van der Waals surface area contributed by atoms with E-state index in [0.717, 1.165) is 34.1 Å². The Kier molecular flexibility index (Phi) is 5.07. The third-order valence-electron chi connectivity index (χ3n) is 4.35. The molecule has 1 N–H and O–H groups in total. The number of ether oxygens (including phenoxy) is 3. The Morgan fingerprint density at radius 1 is 1.00 bits per heavy atom. The van der Waals surface area contributed by atoms with Crippen LogP contribution in [-0.2, 0) is 13.2 Å². The van der Waals surface area contributed by atoms with Crippen LogP contribution in [0.3, 0.4) is 0 Å². The average molecular weight is 382 g/mol. The number of aryl methyl sites for hydroxylation is 1. The Labute approximate surface area is 163 Å². The minimum Gasteiger partial charge on any atom is -0.489 e. The zero-order chi connectivity index (χ0) is 18.6. The molecule has 0 radical (unpaired) electrons. The molecule has 0 atom stereocenters. The molecule has 0 aromatic heterocycles. The fourth-order valence-corrected chi connectivity index (χ4v) is 3.19. The molecule has 0 saturated heterocycles. The molecule has 1 aliphatic rings. The van der Waals surface area contributed by atoms with Gasteiger partial charge in [0.2, 0.25) is 6.79 Å². The van der Waals surface area contributed by atoms with E-state index in [-0.39, 0.29) is 6.79 Å². The van der Waals surface area contributed by atoms with Crippen LogP contribution >= 0.6 is 11.6 Å². The summed E-state index contributed by atoms with van der Waals surface area (Å²) in [4.78, 5) is 0. The summed E-state index contributed by atoms with van der Waals surface area (Å²) in [6, 6.07) is 19.8. The Morgan fingerprint density at radius 3 is 2.78 bits per heavy atom. The molecule has 4 nitrogen and oxygen atoms in total. The van der Waals surface area contributed by atoms with Gasteiger partial charge < -0.3 is 19.5 Å². The highest BCUT2D eigenvalue weighted by molar-refractivity contribution is 6.30. The van der Waals surface area contributed by atoms with Crippen LogP contribution in [0.25, 0.3) is 0 Å². The van der Waals surface area contributed by atoms with Gasteiger partial charge in [-0.15, -0.1) is 0 Å². The maximum atomic E-state index is 6.19. The molecule has 0 spiro atoms. The van der Waals surface area contributed by atoms with Crippen molar-refractivity contribution in [3.8, 4) is 17.2 Å². The van der Waals surface area contributed by atoms with Gasteiger partial charge in [0.1, 0.15) is 12.4 Å². The fraction of sp³-hybridized carbons (Fsp3) is 0.182. The van der Waals surface area contributed by atoms with Gasteiger partial charge in [0, 0.05) is 28.9 Å². The molecule has 0 saturated carbocycles. The van der Waals surface area contributed by atoms with Gasteiger partial charge in [-0.2, -0.15) is 0 Å². The lowest BCUT2D eigenvalue weighted by atomic mass is 10.1. The van der Waals surface area contributed by atoms with Gasteiger partial charge in [-0.1, -0.05) is 41.4 Å². The van der Waals surface area contributed by atoms with E-state index in [4.69, 9.17) is 25.8 Å². The first kappa shape index (κ1) is 17.6. The normalized spacial score (nSPS) is 12.1. The minimum atomic E-state index is 0.268. The summed E-state index contributed by atoms with van der Waals surface area (Å²) >= 11 is 6.19. The molecule has 1 aliphatic heterocycles. The molecule has 1 heterocycles. The van der Waals surface area contributed by atoms with Crippen LogP contribution in [0.2, 0.25) is 5.02 Å². The van der Waals surface area contributed by atoms with Crippen molar-refractivity contribution in [1.82, 2.24) is 0 Å². The van der Waals surface area contributed by atoms with E-state index < -0.39 is 0 Å². The summed E-state index contributed by atoms with van der Waals surface area (Å²) in [7, 11) is 0. The van der Waals surface area contributed by atoms with E-state index in [1.807, 2.05) is 42.5 Å². The number of anilines is 1. The van der Waals surface area contributed by atoms with Crippen molar-refractivity contribution in [2.45, 2.75) is 20.1 Å². The second-order valence-corrected chi connectivity index (χ2v) is 6.89. The van der Waals surface area contributed by atoms with E-state index in [1.54, 1.807) is 0 Å². The summed E-state index contributed by atoms with van der Waals surface area (Å²) in [5.74, 6) is 2.33. The van der Waals surface area contributed by atoms with Crippen LogP contribution < -0.4 is 19.5 Å². The van der Waals surface area contributed by atoms with E-state index in [0.29, 0.717) is 18.2 Å². The third kappa shape index (κ3) is 4.29. The maximum Gasteiger partial charge on any atom is 0.231 e. The molecule has 0 amide bonds. The second kappa shape index (κ2) is 7.80. The monoisotopic (exact) mass is 381 g/mol. The van der Waals surface area contributed by atoms with Crippen molar-refractivity contribution in [1.29, 1.82) is 0 Å². The highest BCUT2D eigenvalue weighted by Crippen LogP contribution is 2.34. The average Bonchev–Trinajstić information content (AvgIpc) is 3.13. The molecule has 138 valence electrons. The third-order valence-corrected chi connectivity index (χ3v) is 4.59. The van der Waals surface area contributed by atoms with Gasteiger partial charge in [-0.25, -0.2) is 0 Å². The van der Waals surface area contributed by atoms with Crippen molar-refractivity contribution in [3.63, 3.8) is 0 Å². The van der Waals surface area contributed by atoms with Gasteiger partial charge in [0.05, 0.1) is 0 Å². The molecule has 0 bridgehead atoms. The van der Waals surface area contributed by atoms with Crippen molar-refractivity contribution < 1.29 is 14.2 Å². The Balaban J connectivity index is 1.46. The van der Waals surface area contributed by atoms with Crippen LogP contribution in [0.15, 0.2) is 60.7 Å². The van der Waals surface area contributed by atoms with Gasteiger partial charge in [-0.05, 0) is 42.8 Å². The molecule has 0 fully saturated rings. The van der Waals surface area contributed by atoms with E-state index >= 15 is 0 Å². The van der Waals surface area contributed by atoms with Gasteiger partial charge in [-0.3, -0.25) is 0 Å². The van der Waals surface area contributed by atoms with E-state index in [9.17, 15) is 0 Å². The Bertz CT molecular complexity index is 958. The zero-order valence-electron chi connectivity index (χ0n) is 15.0. The topological polar surface area (TPSA) is 39.7 Å². The highest BCUT2D eigenvalue weighted by atomic mass is 35.5. The van der Waals surface area contributed by atoms with Gasteiger partial charge in [0.25, 0.3) is 0 Å². The first-order chi connectivity index (χ1) is 13.2. The Morgan fingerprint density at radius 2 is 1.89 bits per heavy atom. The lowest BCUT2D eigenvalue weighted by Crippen LogP contribution is -2.04. The molecule has 4 rings (SSSR count). The SMILES string of the molecule is Cc1cccc(COc2ccc(Cl)cc2CNc2ccc3c(c2)OCO3)c1. The van der Waals surface area contributed by atoms with Crippen LogP contribution in [0.5, 0.6) is 17.2 Å². The predicted molar refractivity (Wildman–Crippen MR) is 107 cm³/mol. The molecule has 5 heteroatoms.